The second-order valence-corrected chi connectivity index (χ2v) is 6.78. The number of hydrogen-bond acceptors (Lipinski definition) is 2. The normalized spacial score (nSPS) is 14.9. The van der Waals surface area contributed by atoms with Crippen LogP contribution in [0.2, 0.25) is 5.02 Å². The first-order valence-corrected chi connectivity index (χ1v) is 8.33. The molecule has 6 heteroatoms. The molecule has 1 aliphatic rings. The van der Waals surface area contributed by atoms with Gasteiger partial charge in [0.05, 0.1) is 4.83 Å². The summed E-state index contributed by atoms with van der Waals surface area (Å²) < 4.78 is 25.8. The van der Waals surface area contributed by atoms with Crippen LogP contribution < -0.4 is 9.47 Å². The zero-order valence-corrected chi connectivity index (χ0v) is 14.6. The van der Waals surface area contributed by atoms with Crippen molar-refractivity contribution in [2.24, 2.45) is 0 Å². The number of benzene rings is 2. The highest BCUT2D eigenvalue weighted by Crippen LogP contribution is 2.43. The lowest BCUT2D eigenvalue weighted by atomic mass is 10.0. The van der Waals surface area contributed by atoms with Crippen LogP contribution in [0.5, 0.6) is 11.5 Å². The molecule has 2 aromatic rings. The average Bonchev–Trinajstić information content (AvgIpc) is 2.46. The molecule has 0 saturated carbocycles. The lowest BCUT2D eigenvalue weighted by Crippen LogP contribution is -2.15. The van der Waals surface area contributed by atoms with E-state index in [1.54, 1.807) is 24.3 Å². The largest absolute Gasteiger partial charge is 0.486 e. The summed E-state index contributed by atoms with van der Waals surface area (Å²) in [6.07, 6.45) is 0. The molecule has 1 aliphatic heterocycles. The summed E-state index contributed by atoms with van der Waals surface area (Å²) >= 11 is 13.1. The van der Waals surface area contributed by atoms with Crippen molar-refractivity contribution in [3.8, 4) is 11.5 Å². The zero-order chi connectivity index (χ0) is 15.0. The fourth-order valence-corrected chi connectivity index (χ4v) is 3.63. The third-order valence-electron chi connectivity index (χ3n) is 3.17. The van der Waals surface area contributed by atoms with E-state index in [4.69, 9.17) is 21.1 Å². The molecule has 0 aromatic heterocycles. The Bertz CT molecular complexity index is 694. The van der Waals surface area contributed by atoms with E-state index in [0.29, 0.717) is 39.8 Å². The first-order chi connectivity index (χ1) is 10.1. The molecule has 0 radical (unpaired) electrons. The van der Waals surface area contributed by atoms with Crippen molar-refractivity contribution in [1.82, 2.24) is 0 Å². The van der Waals surface area contributed by atoms with Gasteiger partial charge in [-0.3, -0.25) is 0 Å². The maximum absolute atomic E-state index is 14.1. The molecule has 110 valence electrons. The van der Waals surface area contributed by atoms with Crippen LogP contribution in [0, 0.1) is 5.82 Å². The van der Waals surface area contributed by atoms with Gasteiger partial charge in [0.1, 0.15) is 19.0 Å². The minimum absolute atomic E-state index is 0.308. The maximum Gasteiger partial charge on any atom is 0.162 e. The summed E-state index contributed by atoms with van der Waals surface area (Å²) in [6, 6.07) is 8.42. The predicted molar refractivity (Wildman–Crippen MR) is 87.3 cm³/mol. The monoisotopic (exact) mass is 434 g/mol. The highest BCUT2D eigenvalue weighted by molar-refractivity contribution is 9.10. The summed E-state index contributed by atoms with van der Waals surface area (Å²) in [5.41, 5.74) is 1.25. The SMILES string of the molecule is Fc1cc(Br)ccc1C(Br)c1cc2c(cc1Cl)OCCO2. The number of hydrogen-bond donors (Lipinski definition) is 0. The van der Waals surface area contributed by atoms with Gasteiger partial charge in [0.2, 0.25) is 0 Å². The van der Waals surface area contributed by atoms with Crippen LogP contribution in [0.4, 0.5) is 4.39 Å². The molecule has 0 N–H and O–H groups in total. The van der Waals surface area contributed by atoms with Crippen LogP contribution in [-0.2, 0) is 0 Å². The number of ether oxygens (including phenoxy) is 2. The molecule has 0 fully saturated rings. The minimum Gasteiger partial charge on any atom is -0.486 e. The number of halogens is 4. The molecule has 0 amide bonds. The standard InChI is InChI=1S/C15H10Br2ClFO2/c16-8-1-2-9(12(19)5-8)15(17)10-6-13-14(7-11(10)18)21-4-3-20-13/h1-2,5-7,15H,3-4H2. The van der Waals surface area contributed by atoms with Crippen LogP contribution in [0.1, 0.15) is 16.0 Å². The van der Waals surface area contributed by atoms with E-state index in [2.05, 4.69) is 31.9 Å². The van der Waals surface area contributed by atoms with Gasteiger partial charge in [0.15, 0.2) is 11.5 Å². The Morgan fingerprint density at radius 3 is 2.38 bits per heavy atom. The van der Waals surface area contributed by atoms with Crippen LogP contribution in [-0.4, -0.2) is 13.2 Å². The molecule has 2 aromatic carbocycles. The van der Waals surface area contributed by atoms with Gasteiger partial charge >= 0.3 is 0 Å². The summed E-state index contributed by atoms with van der Waals surface area (Å²) in [6.45, 7) is 0.995. The summed E-state index contributed by atoms with van der Waals surface area (Å²) in [4.78, 5) is -0.367. The minimum atomic E-state index is -0.367. The first kappa shape index (κ1) is 15.1. The van der Waals surface area contributed by atoms with Crippen LogP contribution >= 0.6 is 43.5 Å². The molecule has 0 aliphatic carbocycles. The van der Waals surface area contributed by atoms with Crippen LogP contribution in [0.3, 0.4) is 0 Å². The number of fused-ring (bicyclic) bond motifs is 1. The molecular weight excluding hydrogens is 426 g/mol. The highest BCUT2D eigenvalue weighted by atomic mass is 79.9. The first-order valence-electron chi connectivity index (χ1n) is 6.24. The van der Waals surface area contributed by atoms with E-state index in [9.17, 15) is 4.39 Å². The van der Waals surface area contributed by atoms with Gasteiger partial charge in [0.25, 0.3) is 0 Å². The Labute approximate surface area is 143 Å². The van der Waals surface area contributed by atoms with Gasteiger partial charge in [-0.1, -0.05) is 49.5 Å². The predicted octanol–water partition coefficient (Wildman–Crippen LogP) is 5.50. The van der Waals surface area contributed by atoms with Crippen LogP contribution in [0.15, 0.2) is 34.8 Å². The van der Waals surface area contributed by atoms with E-state index in [1.165, 1.54) is 6.07 Å². The summed E-state index contributed by atoms with van der Waals surface area (Å²) in [5, 5.41) is 0.503. The number of alkyl halides is 1. The molecule has 21 heavy (non-hydrogen) atoms. The quantitative estimate of drug-likeness (QED) is 0.579. The molecule has 1 unspecified atom stereocenters. The molecular formula is C15H10Br2ClFO2. The fraction of sp³-hybridized carbons (Fsp3) is 0.200. The van der Waals surface area contributed by atoms with Crippen molar-refractivity contribution in [3.63, 3.8) is 0 Å². The third kappa shape index (κ3) is 3.05. The van der Waals surface area contributed by atoms with Gasteiger partial charge < -0.3 is 9.47 Å². The second kappa shape index (κ2) is 6.15. The van der Waals surface area contributed by atoms with Gasteiger partial charge in [-0.15, -0.1) is 0 Å². The zero-order valence-electron chi connectivity index (χ0n) is 10.7. The Balaban J connectivity index is 2.03. The van der Waals surface area contributed by atoms with Crippen LogP contribution in [0.25, 0.3) is 0 Å². The van der Waals surface area contributed by atoms with E-state index < -0.39 is 0 Å². The smallest absolute Gasteiger partial charge is 0.162 e. The van der Waals surface area contributed by atoms with Gasteiger partial charge in [0, 0.05) is 21.1 Å². The molecule has 0 saturated heterocycles. The highest BCUT2D eigenvalue weighted by Gasteiger charge is 2.22. The lowest BCUT2D eigenvalue weighted by molar-refractivity contribution is 0.171. The van der Waals surface area contributed by atoms with E-state index in [-0.39, 0.29) is 10.6 Å². The van der Waals surface area contributed by atoms with Gasteiger partial charge in [-0.25, -0.2) is 4.39 Å². The molecule has 0 spiro atoms. The topological polar surface area (TPSA) is 18.5 Å². The van der Waals surface area contributed by atoms with E-state index >= 15 is 0 Å². The van der Waals surface area contributed by atoms with Gasteiger partial charge in [-0.05, 0) is 23.8 Å². The molecule has 2 nitrogen and oxygen atoms in total. The maximum atomic E-state index is 14.1. The van der Waals surface area contributed by atoms with Crippen molar-refractivity contribution >= 4 is 43.5 Å². The van der Waals surface area contributed by atoms with Gasteiger partial charge in [-0.2, -0.15) is 0 Å². The number of rotatable bonds is 2. The average molecular weight is 437 g/mol. The summed E-state index contributed by atoms with van der Waals surface area (Å²) in [5.74, 6) is 0.936. The van der Waals surface area contributed by atoms with Crippen molar-refractivity contribution in [3.05, 3.63) is 56.8 Å². The Hall–Kier alpha value is -0.780. The Kier molecular flexibility index (Phi) is 4.43. The van der Waals surface area contributed by atoms with Crippen molar-refractivity contribution < 1.29 is 13.9 Å². The summed E-state index contributed by atoms with van der Waals surface area (Å²) in [7, 11) is 0. The molecule has 3 rings (SSSR count). The second-order valence-electron chi connectivity index (χ2n) is 4.55. The van der Waals surface area contributed by atoms with E-state index in [0.717, 1.165) is 5.56 Å². The lowest BCUT2D eigenvalue weighted by Gasteiger charge is -2.21. The fourth-order valence-electron chi connectivity index (χ4n) is 2.15. The molecule has 1 heterocycles. The van der Waals surface area contributed by atoms with Crippen molar-refractivity contribution in [1.29, 1.82) is 0 Å². The van der Waals surface area contributed by atoms with Crippen molar-refractivity contribution in [2.45, 2.75) is 4.83 Å². The molecule has 1 atom stereocenters. The molecule has 0 bridgehead atoms. The van der Waals surface area contributed by atoms with Crippen molar-refractivity contribution in [2.75, 3.05) is 13.2 Å². The third-order valence-corrected chi connectivity index (χ3v) is 4.98. The Morgan fingerprint density at radius 1 is 1.05 bits per heavy atom. The Morgan fingerprint density at radius 2 is 1.71 bits per heavy atom. The van der Waals surface area contributed by atoms with E-state index in [1.807, 2.05) is 0 Å².